The summed E-state index contributed by atoms with van der Waals surface area (Å²) >= 11 is 0. The molecule has 1 N–H and O–H groups in total. The Kier molecular flexibility index (Phi) is 4.14. The van der Waals surface area contributed by atoms with Crippen LogP contribution < -0.4 is 0 Å². The number of hydrogen-bond donors (Lipinski definition) is 1. The molecule has 0 spiro atoms. The lowest BCUT2D eigenvalue weighted by Gasteiger charge is -2.29. The summed E-state index contributed by atoms with van der Waals surface area (Å²) in [6, 6.07) is 8.14. The molecule has 1 aromatic rings. The van der Waals surface area contributed by atoms with E-state index in [0.717, 1.165) is 4.90 Å². The van der Waals surface area contributed by atoms with E-state index in [1.54, 1.807) is 45.0 Å². The van der Waals surface area contributed by atoms with Gasteiger partial charge in [-0.1, -0.05) is 36.4 Å². The first-order valence-corrected chi connectivity index (χ1v) is 6.77. The number of carbonyl (C=O) groups is 2. The van der Waals surface area contributed by atoms with Crippen molar-refractivity contribution in [3.8, 4) is 0 Å². The molecule has 112 valence electrons. The number of hydrogen-bond acceptors (Lipinski definition) is 4. The molecule has 5 heteroatoms. The van der Waals surface area contributed by atoms with Gasteiger partial charge in [0.15, 0.2) is 0 Å². The minimum absolute atomic E-state index is 0.482. The molecular formula is C16H19NO4. The molecule has 2 amide bonds. The summed E-state index contributed by atoms with van der Waals surface area (Å²) in [5.41, 5.74) is -0.0715. The first-order valence-electron chi connectivity index (χ1n) is 6.77. The van der Waals surface area contributed by atoms with Crippen LogP contribution >= 0.6 is 0 Å². The molecule has 21 heavy (non-hydrogen) atoms. The van der Waals surface area contributed by atoms with E-state index in [2.05, 4.69) is 0 Å². The summed E-state index contributed by atoms with van der Waals surface area (Å²) in [5.74, 6) is -0.482. The maximum atomic E-state index is 12.1. The average molecular weight is 289 g/mol. The smallest absolute Gasteiger partial charge is 0.417 e. The highest BCUT2D eigenvalue weighted by Crippen LogP contribution is 2.27. The fourth-order valence-corrected chi connectivity index (χ4v) is 2.11. The molecule has 0 aromatic heterocycles. The first kappa shape index (κ1) is 15.3. The molecule has 1 aliphatic rings. The molecular weight excluding hydrogens is 270 g/mol. The lowest BCUT2D eigenvalue weighted by molar-refractivity contribution is -0.126. The molecule has 2 rings (SSSR count). The van der Waals surface area contributed by atoms with Gasteiger partial charge in [0.05, 0.1) is 6.04 Å². The van der Waals surface area contributed by atoms with Crippen molar-refractivity contribution in [3.63, 3.8) is 0 Å². The highest BCUT2D eigenvalue weighted by Gasteiger charge is 2.39. The molecule has 0 saturated heterocycles. The number of benzene rings is 1. The number of imide groups is 1. The van der Waals surface area contributed by atoms with Gasteiger partial charge in [-0.15, -0.1) is 0 Å². The van der Waals surface area contributed by atoms with Gasteiger partial charge in [-0.2, -0.15) is 0 Å². The van der Waals surface area contributed by atoms with Crippen LogP contribution in [0.3, 0.4) is 0 Å². The summed E-state index contributed by atoms with van der Waals surface area (Å²) in [7, 11) is 0. The van der Waals surface area contributed by atoms with Crippen LogP contribution in [0.15, 0.2) is 42.5 Å². The van der Waals surface area contributed by atoms with Gasteiger partial charge in [0.1, 0.15) is 11.7 Å². The Morgan fingerprint density at radius 1 is 1.29 bits per heavy atom. The van der Waals surface area contributed by atoms with Crippen molar-refractivity contribution in [3.05, 3.63) is 48.0 Å². The van der Waals surface area contributed by atoms with Gasteiger partial charge in [-0.3, -0.25) is 4.79 Å². The molecule has 0 unspecified atom stereocenters. The minimum atomic E-state index is -0.985. The lowest BCUT2D eigenvalue weighted by atomic mass is 10.0. The maximum Gasteiger partial charge on any atom is 0.417 e. The van der Waals surface area contributed by atoms with Gasteiger partial charge in [-0.25, -0.2) is 9.69 Å². The Labute approximate surface area is 123 Å². The van der Waals surface area contributed by atoms with E-state index >= 15 is 0 Å². The molecule has 0 radical (unpaired) electrons. The zero-order chi connectivity index (χ0) is 15.6. The lowest BCUT2D eigenvalue weighted by Crippen LogP contribution is -2.45. The van der Waals surface area contributed by atoms with Gasteiger partial charge < -0.3 is 9.84 Å². The Bertz CT molecular complexity index is 559. The summed E-state index contributed by atoms with van der Waals surface area (Å²) in [6.45, 7) is 5.17. The zero-order valence-corrected chi connectivity index (χ0v) is 12.3. The second-order valence-corrected chi connectivity index (χ2v) is 5.89. The first-order chi connectivity index (χ1) is 9.79. The van der Waals surface area contributed by atoms with E-state index in [1.807, 2.05) is 6.07 Å². The van der Waals surface area contributed by atoms with Crippen molar-refractivity contribution in [2.45, 2.75) is 38.5 Å². The van der Waals surface area contributed by atoms with Crippen LogP contribution in [0, 0.1) is 0 Å². The number of aliphatic hydroxyl groups excluding tert-OH is 1. The van der Waals surface area contributed by atoms with Crippen molar-refractivity contribution in [2.24, 2.45) is 0 Å². The van der Waals surface area contributed by atoms with E-state index in [0.29, 0.717) is 5.56 Å². The Hall–Kier alpha value is -2.14. The number of amides is 2. The second kappa shape index (κ2) is 5.69. The highest BCUT2D eigenvalue weighted by atomic mass is 16.6. The molecule has 0 saturated carbocycles. The van der Waals surface area contributed by atoms with Gasteiger partial charge >= 0.3 is 6.09 Å². The van der Waals surface area contributed by atoms with Crippen LogP contribution in [0.2, 0.25) is 0 Å². The SMILES string of the molecule is CC(C)(C)OC(=O)N1C(=O)C=C[C@H]1[C@H](O)c1ccccc1. The number of aliphatic hydroxyl groups is 1. The zero-order valence-electron chi connectivity index (χ0n) is 12.3. The minimum Gasteiger partial charge on any atom is -0.443 e. The van der Waals surface area contributed by atoms with E-state index in [1.165, 1.54) is 12.2 Å². The third-order valence-electron chi connectivity index (χ3n) is 3.03. The molecule has 0 aliphatic carbocycles. The van der Waals surface area contributed by atoms with Gasteiger partial charge in [0.2, 0.25) is 0 Å². The molecule has 1 aliphatic heterocycles. The maximum absolute atomic E-state index is 12.1. The average Bonchev–Trinajstić information content (AvgIpc) is 2.79. The van der Waals surface area contributed by atoms with Crippen molar-refractivity contribution in [1.29, 1.82) is 0 Å². The normalized spacial score (nSPS) is 19.7. The predicted octanol–water partition coefficient (Wildman–Crippen LogP) is 2.42. The van der Waals surface area contributed by atoms with Crippen molar-refractivity contribution in [2.75, 3.05) is 0 Å². The van der Waals surface area contributed by atoms with Gasteiger partial charge in [0.25, 0.3) is 5.91 Å². The van der Waals surface area contributed by atoms with Crippen LogP contribution in [0.1, 0.15) is 32.4 Å². The Morgan fingerprint density at radius 2 is 1.90 bits per heavy atom. The van der Waals surface area contributed by atoms with E-state index < -0.39 is 29.7 Å². The Morgan fingerprint density at radius 3 is 2.48 bits per heavy atom. The molecule has 2 atom stereocenters. The fourth-order valence-electron chi connectivity index (χ4n) is 2.11. The fraction of sp³-hybridized carbons (Fsp3) is 0.375. The summed E-state index contributed by atoms with van der Waals surface area (Å²) in [5, 5.41) is 10.4. The monoisotopic (exact) mass is 289 g/mol. The standard InChI is InChI=1S/C16H19NO4/c1-16(2,3)21-15(20)17-12(9-10-13(17)18)14(19)11-7-5-4-6-8-11/h4-10,12,14,19H,1-3H3/t12-,14+/m0/s1. The third-order valence-corrected chi connectivity index (χ3v) is 3.03. The quantitative estimate of drug-likeness (QED) is 0.908. The summed E-state index contributed by atoms with van der Waals surface area (Å²) in [6.07, 6.45) is 1.06. The topological polar surface area (TPSA) is 66.8 Å². The predicted molar refractivity (Wildman–Crippen MR) is 77.4 cm³/mol. The van der Waals surface area contributed by atoms with Crippen LogP contribution in [0.25, 0.3) is 0 Å². The Balaban J connectivity index is 2.20. The van der Waals surface area contributed by atoms with Crippen LogP contribution in [-0.2, 0) is 9.53 Å². The van der Waals surface area contributed by atoms with Crippen molar-refractivity contribution < 1.29 is 19.4 Å². The van der Waals surface area contributed by atoms with Crippen LogP contribution in [-0.4, -0.2) is 33.6 Å². The van der Waals surface area contributed by atoms with Crippen LogP contribution in [0.4, 0.5) is 4.79 Å². The molecule has 1 aromatic carbocycles. The third kappa shape index (κ3) is 3.49. The van der Waals surface area contributed by atoms with E-state index in [4.69, 9.17) is 4.74 Å². The van der Waals surface area contributed by atoms with Gasteiger partial charge in [-0.05, 0) is 26.3 Å². The van der Waals surface area contributed by atoms with Crippen LogP contribution in [0.5, 0.6) is 0 Å². The second-order valence-electron chi connectivity index (χ2n) is 5.89. The highest BCUT2D eigenvalue weighted by molar-refractivity contribution is 6.01. The number of carbonyl (C=O) groups excluding carboxylic acids is 2. The molecule has 5 nitrogen and oxygen atoms in total. The largest absolute Gasteiger partial charge is 0.443 e. The van der Waals surface area contributed by atoms with Crippen molar-refractivity contribution in [1.82, 2.24) is 4.90 Å². The molecule has 0 bridgehead atoms. The number of rotatable bonds is 2. The number of ether oxygens (including phenoxy) is 1. The molecule has 1 heterocycles. The van der Waals surface area contributed by atoms with E-state index in [9.17, 15) is 14.7 Å². The summed E-state index contributed by atoms with van der Waals surface area (Å²) in [4.78, 5) is 25.0. The number of nitrogens with zero attached hydrogens (tertiary/aromatic N) is 1. The van der Waals surface area contributed by atoms with E-state index in [-0.39, 0.29) is 0 Å². The van der Waals surface area contributed by atoms with Crippen molar-refractivity contribution >= 4 is 12.0 Å². The molecule has 0 fully saturated rings. The van der Waals surface area contributed by atoms with Gasteiger partial charge in [0, 0.05) is 6.08 Å². The summed E-state index contributed by atoms with van der Waals surface area (Å²) < 4.78 is 5.22.